The molecule has 2 rings (SSSR count). The van der Waals surface area contributed by atoms with Gasteiger partial charge in [-0.25, -0.2) is 4.99 Å². The number of hydrogen-bond acceptors (Lipinski definition) is 4. The number of halogens is 1. The SMILES string of the molecule is CN(C)C(=O)CN=C(NCCCn1cccn1)NCC1CCCCO1.I. The molecule has 1 aromatic heterocycles. The zero-order chi connectivity index (χ0) is 17.9. The molecule has 1 aliphatic heterocycles. The van der Waals surface area contributed by atoms with E-state index in [1.165, 1.54) is 6.42 Å². The number of nitrogens with zero attached hydrogens (tertiary/aromatic N) is 4. The van der Waals surface area contributed by atoms with E-state index in [0.717, 1.165) is 39.0 Å². The topological polar surface area (TPSA) is 83.8 Å². The van der Waals surface area contributed by atoms with E-state index in [4.69, 9.17) is 4.74 Å². The van der Waals surface area contributed by atoms with Gasteiger partial charge in [-0.1, -0.05) is 0 Å². The first-order valence-corrected chi connectivity index (χ1v) is 8.96. The third-order valence-electron chi connectivity index (χ3n) is 4.06. The second kappa shape index (κ2) is 12.9. The van der Waals surface area contributed by atoms with Gasteiger partial charge in [0.1, 0.15) is 6.54 Å². The van der Waals surface area contributed by atoms with Gasteiger partial charge in [0.15, 0.2) is 5.96 Å². The van der Waals surface area contributed by atoms with E-state index in [-0.39, 0.29) is 42.5 Å². The molecule has 1 aliphatic rings. The van der Waals surface area contributed by atoms with Gasteiger partial charge in [0.2, 0.25) is 5.91 Å². The number of hydrogen-bond donors (Lipinski definition) is 2. The Morgan fingerprint density at radius 3 is 2.88 bits per heavy atom. The number of carbonyl (C=O) groups is 1. The second-order valence-corrected chi connectivity index (χ2v) is 6.37. The quantitative estimate of drug-likeness (QED) is 0.253. The number of rotatable bonds is 8. The van der Waals surface area contributed by atoms with Crippen molar-refractivity contribution in [2.45, 2.75) is 38.3 Å². The van der Waals surface area contributed by atoms with Crippen molar-refractivity contribution in [1.82, 2.24) is 25.3 Å². The van der Waals surface area contributed by atoms with Gasteiger partial charge >= 0.3 is 0 Å². The molecule has 1 fully saturated rings. The zero-order valence-electron chi connectivity index (χ0n) is 15.7. The molecule has 0 bridgehead atoms. The van der Waals surface area contributed by atoms with Gasteiger partial charge < -0.3 is 20.3 Å². The molecule has 26 heavy (non-hydrogen) atoms. The van der Waals surface area contributed by atoms with E-state index in [9.17, 15) is 4.79 Å². The van der Waals surface area contributed by atoms with Crippen molar-refractivity contribution >= 4 is 35.8 Å². The third kappa shape index (κ3) is 8.84. The predicted molar refractivity (Wildman–Crippen MR) is 113 cm³/mol. The average molecular weight is 478 g/mol. The number of amides is 1. The normalized spacial score (nSPS) is 17.3. The van der Waals surface area contributed by atoms with E-state index >= 15 is 0 Å². The highest BCUT2D eigenvalue weighted by molar-refractivity contribution is 14.0. The van der Waals surface area contributed by atoms with E-state index < -0.39 is 0 Å². The molecule has 0 aromatic carbocycles. The maximum atomic E-state index is 11.8. The van der Waals surface area contributed by atoms with Gasteiger partial charge in [-0.05, 0) is 31.7 Å². The fourth-order valence-electron chi connectivity index (χ4n) is 2.52. The highest BCUT2D eigenvalue weighted by Gasteiger charge is 2.14. The molecule has 1 atom stereocenters. The second-order valence-electron chi connectivity index (χ2n) is 6.37. The number of guanidine groups is 1. The first kappa shape index (κ1) is 22.7. The van der Waals surface area contributed by atoms with Crippen molar-refractivity contribution in [2.24, 2.45) is 4.99 Å². The summed E-state index contributed by atoms with van der Waals surface area (Å²) in [4.78, 5) is 17.7. The van der Waals surface area contributed by atoms with Crippen LogP contribution in [0.5, 0.6) is 0 Å². The minimum Gasteiger partial charge on any atom is -0.376 e. The lowest BCUT2D eigenvalue weighted by Gasteiger charge is -2.24. The summed E-state index contributed by atoms with van der Waals surface area (Å²) in [5.41, 5.74) is 0. The summed E-state index contributed by atoms with van der Waals surface area (Å²) in [6.07, 6.45) is 8.27. The summed E-state index contributed by atoms with van der Waals surface area (Å²) in [5, 5.41) is 10.8. The van der Waals surface area contributed by atoms with Crippen LogP contribution in [0.25, 0.3) is 0 Å². The lowest BCUT2D eigenvalue weighted by molar-refractivity contribution is -0.127. The van der Waals surface area contributed by atoms with Crippen LogP contribution in [0, 0.1) is 0 Å². The van der Waals surface area contributed by atoms with Crippen LogP contribution in [0.15, 0.2) is 23.5 Å². The van der Waals surface area contributed by atoms with Crippen LogP contribution in [-0.4, -0.2) is 73.0 Å². The number of ether oxygens (including phenoxy) is 1. The molecule has 2 heterocycles. The standard InChI is InChI=1S/C17H30N6O2.HI/c1-22(2)16(24)14-20-17(19-13-15-7-3-4-12-25-15)18-8-5-10-23-11-6-9-21-23;/h6,9,11,15H,3-5,7-8,10,12-14H2,1-2H3,(H2,18,19,20);1H. The Labute approximate surface area is 172 Å². The molecular formula is C17H31IN6O2. The van der Waals surface area contributed by atoms with Gasteiger partial charge in [0.25, 0.3) is 0 Å². The monoisotopic (exact) mass is 478 g/mol. The maximum absolute atomic E-state index is 11.8. The lowest BCUT2D eigenvalue weighted by Crippen LogP contribution is -2.43. The Bertz CT molecular complexity index is 529. The minimum absolute atomic E-state index is 0. The van der Waals surface area contributed by atoms with Gasteiger partial charge in [-0.3, -0.25) is 9.48 Å². The van der Waals surface area contributed by atoms with Crippen LogP contribution in [0.4, 0.5) is 0 Å². The molecule has 148 valence electrons. The van der Waals surface area contributed by atoms with Gasteiger partial charge in [-0.2, -0.15) is 5.10 Å². The van der Waals surface area contributed by atoms with Crippen molar-refractivity contribution in [3.05, 3.63) is 18.5 Å². The summed E-state index contributed by atoms with van der Waals surface area (Å²) in [7, 11) is 3.47. The maximum Gasteiger partial charge on any atom is 0.243 e. The predicted octanol–water partition coefficient (Wildman–Crippen LogP) is 1.08. The summed E-state index contributed by atoms with van der Waals surface area (Å²) >= 11 is 0. The molecule has 1 aromatic rings. The molecule has 0 radical (unpaired) electrons. The Morgan fingerprint density at radius 2 is 2.23 bits per heavy atom. The number of aromatic nitrogens is 2. The molecule has 1 amide bonds. The van der Waals surface area contributed by atoms with Crippen LogP contribution >= 0.6 is 24.0 Å². The first-order valence-electron chi connectivity index (χ1n) is 8.96. The number of aryl methyl sites for hydroxylation is 1. The molecule has 1 saturated heterocycles. The molecule has 0 saturated carbocycles. The largest absolute Gasteiger partial charge is 0.376 e. The molecular weight excluding hydrogens is 447 g/mol. The van der Waals surface area contributed by atoms with Crippen molar-refractivity contribution in [3.63, 3.8) is 0 Å². The molecule has 9 heteroatoms. The Morgan fingerprint density at radius 1 is 1.38 bits per heavy atom. The number of aliphatic imine (C=N–C) groups is 1. The molecule has 8 nitrogen and oxygen atoms in total. The van der Waals surface area contributed by atoms with Crippen molar-refractivity contribution in [3.8, 4) is 0 Å². The fourth-order valence-corrected chi connectivity index (χ4v) is 2.52. The van der Waals surface area contributed by atoms with Crippen molar-refractivity contribution < 1.29 is 9.53 Å². The van der Waals surface area contributed by atoms with E-state index in [0.29, 0.717) is 12.5 Å². The molecule has 1 unspecified atom stereocenters. The Balaban J connectivity index is 0.00000338. The van der Waals surface area contributed by atoms with Crippen LogP contribution in [0.2, 0.25) is 0 Å². The van der Waals surface area contributed by atoms with Crippen LogP contribution < -0.4 is 10.6 Å². The summed E-state index contributed by atoms with van der Waals surface area (Å²) in [6, 6.07) is 1.92. The number of carbonyl (C=O) groups excluding carboxylic acids is 1. The number of likely N-dealkylation sites (N-methyl/N-ethyl adjacent to an activating group) is 1. The Hall–Kier alpha value is -1.36. The number of nitrogens with one attached hydrogen (secondary N) is 2. The van der Waals surface area contributed by atoms with Crippen molar-refractivity contribution in [2.75, 3.05) is 40.3 Å². The summed E-state index contributed by atoms with van der Waals surface area (Å²) in [5.74, 6) is 0.636. The van der Waals surface area contributed by atoms with Gasteiger partial charge in [0, 0.05) is 52.7 Å². The smallest absolute Gasteiger partial charge is 0.243 e. The van der Waals surface area contributed by atoms with E-state index in [1.54, 1.807) is 25.2 Å². The lowest BCUT2D eigenvalue weighted by atomic mass is 10.1. The molecule has 0 spiro atoms. The van der Waals surface area contributed by atoms with Gasteiger partial charge in [0.05, 0.1) is 6.10 Å². The summed E-state index contributed by atoms with van der Waals surface area (Å²) in [6.45, 7) is 3.27. The van der Waals surface area contributed by atoms with Crippen LogP contribution in [0.3, 0.4) is 0 Å². The van der Waals surface area contributed by atoms with Crippen molar-refractivity contribution in [1.29, 1.82) is 0 Å². The summed E-state index contributed by atoms with van der Waals surface area (Å²) < 4.78 is 7.63. The van der Waals surface area contributed by atoms with E-state index in [1.807, 2.05) is 16.9 Å². The fraction of sp³-hybridized carbons (Fsp3) is 0.706. The third-order valence-corrected chi connectivity index (χ3v) is 4.06. The molecule has 0 aliphatic carbocycles. The highest BCUT2D eigenvalue weighted by atomic mass is 127. The van der Waals surface area contributed by atoms with Crippen LogP contribution in [-0.2, 0) is 16.1 Å². The zero-order valence-corrected chi connectivity index (χ0v) is 18.0. The van der Waals surface area contributed by atoms with Gasteiger partial charge in [-0.15, -0.1) is 24.0 Å². The minimum atomic E-state index is -0.0217. The highest BCUT2D eigenvalue weighted by Crippen LogP contribution is 2.11. The average Bonchev–Trinajstić information content (AvgIpc) is 3.14. The van der Waals surface area contributed by atoms with E-state index in [2.05, 4.69) is 20.7 Å². The Kier molecular flexibility index (Phi) is 11.3. The first-order chi connectivity index (χ1) is 12.1. The molecule has 2 N–H and O–H groups in total. The van der Waals surface area contributed by atoms with Crippen LogP contribution in [0.1, 0.15) is 25.7 Å².